The van der Waals surface area contributed by atoms with Crippen molar-refractivity contribution in [3.8, 4) is 51.8 Å². The number of hydrogen-bond acceptors (Lipinski definition) is 3. The van der Waals surface area contributed by atoms with Crippen LogP contribution in [-0.2, 0) is 0 Å². The van der Waals surface area contributed by atoms with Gasteiger partial charge in [0.15, 0.2) is 0 Å². The van der Waals surface area contributed by atoms with E-state index in [0.717, 1.165) is 77.2 Å². The highest BCUT2D eigenvalue weighted by Gasteiger charge is 2.18. The summed E-state index contributed by atoms with van der Waals surface area (Å²) in [6.07, 6.45) is 0. The molecule has 5 nitrogen and oxygen atoms in total. The Labute approximate surface area is 287 Å². The molecule has 7 aromatic carbocycles. The van der Waals surface area contributed by atoms with E-state index in [2.05, 4.69) is 88.0 Å². The smallest absolute Gasteiger partial charge is 0.0998 e. The number of aromatic nitrogens is 2. The Morgan fingerprint density at radius 3 is 1.64 bits per heavy atom. The largest absolute Gasteiger partial charge is 0.309 e. The lowest BCUT2D eigenvalue weighted by molar-refractivity contribution is 1.18. The minimum atomic E-state index is 0.538. The van der Waals surface area contributed by atoms with Crippen LogP contribution in [0, 0.1) is 34.0 Å². The molecule has 0 aliphatic carbocycles. The average Bonchev–Trinajstić information content (AvgIpc) is 3.70. The molecular weight excluding hydrogens is 611 g/mol. The highest BCUT2D eigenvalue weighted by molar-refractivity contribution is 6.11. The van der Waals surface area contributed by atoms with Crippen LogP contribution >= 0.6 is 0 Å². The molecule has 0 N–H and O–H groups in total. The molecule has 0 amide bonds. The first-order chi connectivity index (χ1) is 24.7. The van der Waals surface area contributed by atoms with Gasteiger partial charge in [-0.2, -0.15) is 15.8 Å². The van der Waals surface area contributed by atoms with Crippen molar-refractivity contribution in [3.63, 3.8) is 0 Å². The maximum atomic E-state index is 10.5. The van der Waals surface area contributed by atoms with Crippen LogP contribution < -0.4 is 0 Å². The Morgan fingerprint density at radius 1 is 0.380 bits per heavy atom. The van der Waals surface area contributed by atoms with Crippen LogP contribution in [-0.4, -0.2) is 9.13 Å². The van der Waals surface area contributed by atoms with Gasteiger partial charge in [-0.05, 0) is 89.5 Å². The summed E-state index contributed by atoms with van der Waals surface area (Å²) in [4.78, 5) is 0. The van der Waals surface area contributed by atoms with Gasteiger partial charge in [0.25, 0.3) is 0 Å². The molecule has 5 heteroatoms. The molecule has 0 saturated heterocycles. The lowest BCUT2D eigenvalue weighted by Gasteiger charge is -2.16. The van der Waals surface area contributed by atoms with Gasteiger partial charge in [-0.3, -0.25) is 0 Å². The Kier molecular flexibility index (Phi) is 6.56. The Bertz CT molecular complexity index is 2920. The molecule has 0 radical (unpaired) electrons. The number of benzene rings is 7. The SMILES string of the molecule is N#Cc1ccc(-n2c3ccccc3c3ccccc32)c(-c2ccc(-c3cccc(-n4c5ccccc5c5cc(C#N)ccc54)c3)c(C#N)c2)c1. The van der Waals surface area contributed by atoms with E-state index in [9.17, 15) is 15.8 Å². The minimum absolute atomic E-state index is 0.538. The second-order valence-corrected chi connectivity index (χ2v) is 12.3. The van der Waals surface area contributed by atoms with Gasteiger partial charge < -0.3 is 9.13 Å². The standard InChI is InChI=1S/C45H25N5/c46-26-29-16-20-44(50-42-14-5-1-10-36(42)37-11-2-6-15-43(37)50)39(22-29)32-18-19-35(33(24-32)28-48)31-8-7-9-34(25-31)49-41-13-4-3-12-38(41)40-23-30(27-47)17-21-45(40)49/h1-25H. The van der Waals surface area contributed by atoms with Crippen LogP contribution in [0.25, 0.3) is 77.2 Å². The summed E-state index contributed by atoms with van der Waals surface area (Å²) < 4.78 is 4.46. The number of para-hydroxylation sites is 3. The number of hydrogen-bond donors (Lipinski definition) is 0. The lowest BCUT2D eigenvalue weighted by atomic mass is 9.93. The van der Waals surface area contributed by atoms with Crippen molar-refractivity contribution in [2.45, 2.75) is 0 Å². The maximum absolute atomic E-state index is 10.5. The highest BCUT2D eigenvalue weighted by atomic mass is 15.0. The van der Waals surface area contributed by atoms with Gasteiger partial charge in [-0.15, -0.1) is 0 Å². The fraction of sp³-hybridized carbons (Fsp3) is 0. The van der Waals surface area contributed by atoms with Gasteiger partial charge in [-0.1, -0.05) is 78.9 Å². The van der Waals surface area contributed by atoms with Gasteiger partial charge in [0.05, 0.1) is 62.7 Å². The van der Waals surface area contributed by atoms with Gasteiger partial charge in [-0.25, -0.2) is 0 Å². The molecule has 0 atom stereocenters. The summed E-state index contributed by atoms with van der Waals surface area (Å²) in [5.41, 5.74) is 11.3. The first-order valence-electron chi connectivity index (χ1n) is 16.3. The maximum Gasteiger partial charge on any atom is 0.0998 e. The van der Waals surface area contributed by atoms with Crippen LogP contribution in [0.4, 0.5) is 0 Å². The minimum Gasteiger partial charge on any atom is -0.309 e. The Hall–Kier alpha value is -7.39. The van der Waals surface area contributed by atoms with E-state index in [4.69, 9.17) is 0 Å². The average molecular weight is 636 g/mol. The van der Waals surface area contributed by atoms with Crippen molar-refractivity contribution < 1.29 is 0 Å². The van der Waals surface area contributed by atoms with Gasteiger partial charge >= 0.3 is 0 Å². The summed E-state index contributed by atoms with van der Waals surface area (Å²) >= 11 is 0. The third kappa shape index (κ3) is 4.38. The normalized spacial score (nSPS) is 11.1. The molecule has 9 rings (SSSR count). The summed E-state index contributed by atoms with van der Waals surface area (Å²) in [6, 6.07) is 57.7. The molecule has 230 valence electrons. The molecular formula is C45H25N5. The summed E-state index contributed by atoms with van der Waals surface area (Å²) in [6.45, 7) is 0. The first kappa shape index (κ1) is 28.8. The molecule has 0 aliphatic rings. The van der Waals surface area contributed by atoms with Crippen molar-refractivity contribution in [1.82, 2.24) is 9.13 Å². The molecule has 0 bridgehead atoms. The Morgan fingerprint density at radius 2 is 0.960 bits per heavy atom. The second kappa shape index (κ2) is 11.4. The molecule has 0 aliphatic heterocycles. The van der Waals surface area contributed by atoms with Gasteiger partial charge in [0.1, 0.15) is 0 Å². The first-order valence-corrected chi connectivity index (χ1v) is 16.3. The molecule has 2 heterocycles. The summed E-state index contributed by atoms with van der Waals surface area (Å²) in [5.74, 6) is 0. The third-order valence-corrected chi connectivity index (χ3v) is 9.61. The lowest BCUT2D eigenvalue weighted by Crippen LogP contribution is -1.99. The number of nitriles is 3. The van der Waals surface area contributed by atoms with E-state index >= 15 is 0 Å². The van der Waals surface area contributed by atoms with E-state index in [-0.39, 0.29) is 0 Å². The molecule has 9 aromatic rings. The third-order valence-electron chi connectivity index (χ3n) is 9.61. The molecule has 0 spiro atoms. The van der Waals surface area contributed by atoms with Gasteiger partial charge in [0.2, 0.25) is 0 Å². The molecule has 0 unspecified atom stereocenters. The molecule has 2 aromatic heterocycles. The van der Waals surface area contributed by atoms with E-state index in [1.807, 2.05) is 91.0 Å². The predicted octanol–water partition coefficient (Wildman–Crippen LogP) is 10.8. The summed E-state index contributed by atoms with van der Waals surface area (Å²) in [5, 5.41) is 34.4. The van der Waals surface area contributed by atoms with Crippen LogP contribution in [0.5, 0.6) is 0 Å². The fourth-order valence-electron chi connectivity index (χ4n) is 7.40. The van der Waals surface area contributed by atoms with E-state index in [0.29, 0.717) is 16.7 Å². The van der Waals surface area contributed by atoms with Crippen molar-refractivity contribution in [2.24, 2.45) is 0 Å². The Balaban J connectivity index is 1.21. The van der Waals surface area contributed by atoms with Crippen molar-refractivity contribution in [1.29, 1.82) is 15.8 Å². The second-order valence-electron chi connectivity index (χ2n) is 12.3. The number of rotatable bonds is 4. The topological polar surface area (TPSA) is 81.2 Å². The number of nitrogens with zero attached hydrogens (tertiary/aromatic N) is 5. The van der Waals surface area contributed by atoms with Crippen molar-refractivity contribution in [3.05, 3.63) is 168 Å². The molecule has 50 heavy (non-hydrogen) atoms. The van der Waals surface area contributed by atoms with Crippen LogP contribution in [0.3, 0.4) is 0 Å². The van der Waals surface area contributed by atoms with Gasteiger partial charge in [0, 0.05) is 32.8 Å². The van der Waals surface area contributed by atoms with E-state index in [1.165, 1.54) is 0 Å². The monoisotopic (exact) mass is 635 g/mol. The zero-order valence-corrected chi connectivity index (χ0v) is 26.7. The van der Waals surface area contributed by atoms with Crippen molar-refractivity contribution in [2.75, 3.05) is 0 Å². The van der Waals surface area contributed by atoms with Crippen LogP contribution in [0.2, 0.25) is 0 Å². The van der Waals surface area contributed by atoms with E-state index < -0.39 is 0 Å². The van der Waals surface area contributed by atoms with Crippen LogP contribution in [0.15, 0.2) is 152 Å². The zero-order chi connectivity index (χ0) is 33.8. The van der Waals surface area contributed by atoms with Crippen molar-refractivity contribution >= 4 is 43.6 Å². The number of fused-ring (bicyclic) bond motifs is 6. The molecule has 0 saturated carbocycles. The summed E-state index contributed by atoms with van der Waals surface area (Å²) in [7, 11) is 0. The van der Waals surface area contributed by atoms with E-state index in [1.54, 1.807) is 0 Å². The fourth-order valence-corrected chi connectivity index (χ4v) is 7.40. The zero-order valence-electron chi connectivity index (χ0n) is 26.7. The predicted molar refractivity (Wildman–Crippen MR) is 200 cm³/mol. The van der Waals surface area contributed by atoms with Crippen LogP contribution in [0.1, 0.15) is 16.7 Å². The quantitative estimate of drug-likeness (QED) is 0.193. The highest BCUT2D eigenvalue weighted by Crippen LogP contribution is 2.39. The molecule has 0 fully saturated rings.